The van der Waals surface area contributed by atoms with Crippen LogP contribution in [0.2, 0.25) is 0 Å². The van der Waals surface area contributed by atoms with Crippen LogP contribution in [0.1, 0.15) is 18.5 Å². The SMILES string of the molecule is CCOC(=O)C1=C(CBr)NC(=O)N[C@H]1c1cccc(Br)c1. The zero-order chi connectivity index (χ0) is 15.4. The van der Waals surface area contributed by atoms with E-state index in [1.165, 1.54) is 0 Å². The summed E-state index contributed by atoms with van der Waals surface area (Å²) in [5.74, 6) is -0.440. The molecule has 2 amide bonds. The number of amides is 2. The first-order valence-electron chi connectivity index (χ1n) is 6.36. The van der Waals surface area contributed by atoms with Gasteiger partial charge in [-0.25, -0.2) is 9.59 Å². The van der Waals surface area contributed by atoms with Gasteiger partial charge in [-0.3, -0.25) is 0 Å². The van der Waals surface area contributed by atoms with Gasteiger partial charge in [-0.15, -0.1) is 0 Å². The number of hydrogen-bond acceptors (Lipinski definition) is 3. The number of nitrogens with one attached hydrogen (secondary N) is 2. The fourth-order valence-corrected chi connectivity index (χ4v) is 2.97. The van der Waals surface area contributed by atoms with Crippen molar-refractivity contribution in [2.75, 3.05) is 11.9 Å². The molecule has 0 saturated carbocycles. The molecule has 0 radical (unpaired) electrons. The van der Waals surface area contributed by atoms with Gasteiger partial charge in [-0.2, -0.15) is 0 Å². The Morgan fingerprint density at radius 1 is 1.43 bits per heavy atom. The van der Waals surface area contributed by atoms with Crippen molar-refractivity contribution in [1.82, 2.24) is 10.6 Å². The molecule has 0 aliphatic carbocycles. The van der Waals surface area contributed by atoms with E-state index < -0.39 is 12.0 Å². The average molecular weight is 418 g/mol. The molecule has 2 rings (SSSR count). The minimum atomic E-state index is -0.539. The maximum atomic E-state index is 12.2. The van der Waals surface area contributed by atoms with Crippen LogP contribution in [0.15, 0.2) is 40.0 Å². The van der Waals surface area contributed by atoms with Crippen LogP contribution in [0.25, 0.3) is 0 Å². The lowest BCUT2D eigenvalue weighted by atomic mass is 9.96. The van der Waals surface area contributed by atoms with E-state index in [-0.39, 0.29) is 12.6 Å². The van der Waals surface area contributed by atoms with E-state index >= 15 is 0 Å². The number of alkyl halides is 1. The second kappa shape index (κ2) is 7.09. The fourth-order valence-electron chi connectivity index (χ4n) is 2.11. The first-order chi connectivity index (χ1) is 10.1. The van der Waals surface area contributed by atoms with Gasteiger partial charge < -0.3 is 15.4 Å². The van der Waals surface area contributed by atoms with Gasteiger partial charge in [0.25, 0.3) is 0 Å². The van der Waals surface area contributed by atoms with E-state index in [1.54, 1.807) is 6.92 Å². The van der Waals surface area contributed by atoms with Crippen molar-refractivity contribution in [3.63, 3.8) is 0 Å². The lowest BCUT2D eigenvalue weighted by Crippen LogP contribution is -2.46. The van der Waals surface area contributed by atoms with Crippen molar-refractivity contribution in [3.8, 4) is 0 Å². The predicted octanol–water partition coefficient (Wildman–Crippen LogP) is 3.02. The van der Waals surface area contributed by atoms with Crippen LogP contribution < -0.4 is 10.6 Å². The van der Waals surface area contributed by atoms with E-state index in [4.69, 9.17) is 4.74 Å². The summed E-state index contributed by atoms with van der Waals surface area (Å²) in [7, 11) is 0. The number of benzene rings is 1. The van der Waals surface area contributed by atoms with Crippen LogP contribution in [0.5, 0.6) is 0 Å². The Morgan fingerprint density at radius 3 is 2.81 bits per heavy atom. The third-order valence-electron chi connectivity index (χ3n) is 2.96. The van der Waals surface area contributed by atoms with Crippen molar-refractivity contribution in [2.24, 2.45) is 0 Å². The monoisotopic (exact) mass is 416 g/mol. The highest BCUT2D eigenvalue weighted by molar-refractivity contribution is 9.10. The van der Waals surface area contributed by atoms with E-state index in [0.717, 1.165) is 10.0 Å². The van der Waals surface area contributed by atoms with Gasteiger partial charge in [-0.1, -0.05) is 44.0 Å². The molecule has 1 aliphatic rings. The molecular weight excluding hydrogens is 404 g/mol. The number of carbonyl (C=O) groups excluding carboxylic acids is 2. The molecule has 0 spiro atoms. The number of ether oxygens (including phenoxy) is 1. The first-order valence-corrected chi connectivity index (χ1v) is 8.27. The molecule has 0 saturated heterocycles. The van der Waals surface area contributed by atoms with Gasteiger partial charge >= 0.3 is 12.0 Å². The third-order valence-corrected chi connectivity index (χ3v) is 4.02. The standard InChI is InChI=1S/C14H14Br2N2O3/c1-2-21-13(19)11-10(7-15)17-14(20)18-12(11)8-4-3-5-9(16)6-8/h3-6,12H,2,7H2,1H3,(H2,17,18,20)/t12-/m0/s1. The molecule has 112 valence electrons. The van der Waals surface area contributed by atoms with Crippen molar-refractivity contribution in [1.29, 1.82) is 0 Å². The number of carbonyl (C=O) groups is 2. The quantitative estimate of drug-likeness (QED) is 0.584. The number of hydrogen-bond donors (Lipinski definition) is 2. The van der Waals surface area contributed by atoms with E-state index in [0.29, 0.717) is 16.6 Å². The van der Waals surface area contributed by atoms with Gasteiger partial charge in [-0.05, 0) is 24.6 Å². The van der Waals surface area contributed by atoms with Crippen molar-refractivity contribution >= 4 is 43.9 Å². The van der Waals surface area contributed by atoms with Crippen molar-refractivity contribution in [3.05, 3.63) is 45.6 Å². The Bertz CT molecular complexity index is 602. The normalized spacial score (nSPS) is 18.0. The second-order valence-corrected chi connectivity index (χ2v) is 5.81. The molecule has 21 heavy (non-hydrogen) atoms. The predicted molar refractivity (Wildman–Crippen MR) is 86.0 cm³/mol. The van der Waals surface area contributed by atoms with Crippen molar-refractivity contribution in [2.45, 2.75) is 13.0 Å². The van der Waals surface area contributed by atoms with Gasteiger partial charge in [0, 0.05) is 15.5 Å². The van der Waals surface area contributed by atoms with Crippen LogP contribution >= 0.6 is 31.9 Å². The summed E-state index contributed by atoms with van der Waals surface area (Å²) in [5, 5.41) is 5.76. The minimum Gasteiger partial charge on any atom is -0.463 e. The molecule has 0 aromatic heterocycles. The number of esters is 1. The minimum absolute atomic E-state index is 0.275. The largest absolute Gasteiger partial charge is 0.463 e. The van der Waals surface area contributed by atoms with Crippen LogP contribution in [0.4, 0.5) is 4.79 Å². The Kier molecular flexibility index (Phi) is 5.41. The molecule has 0 bridgehead atoms. The summed E-state index contributed by atoms with van der Waals surface area (Å²) in [6.07, 6.45) is 0. The summed E-state index contributed by atoms with van der Waals surface area (Å²) < 4.78 is 5.98. The Balaban J connectivity index is 2.49. The maximum Gasteiger partial charge on any atom is 0.338 e. The molecule has 1 aliphatic heterocycles. The zero-order valence-corrected chi connectivity index (χ0v) is 14.5. The first kappa shape index (κ1) is 16.0. The van der Waals surface area contributed by atoms with Gasteiger partial charge in [0.1, 0.15) is 0 Å². The molecule has 2 N–H and O–H groups in total. The summed E-state index contributed by atoms with van der Waals surface area (Å²) >= 11 is 6.69. The maximum absolute atomic E-state index is 12.2. The molecule has 1 aromatic rings. The summed E-state index contributed by atoms with van der Waals surface area (Å²) in [4.78, 5) is 24.0. The Morgan fingerprint density at radius 2 is 2.19 bits per heavy atom. The molecule has 0 fully saturated rings. The van der Waals surface area contributed by atoms with Crippen LogP contribution in [0.3, 0.4) is 0 Å². The molecule has 1 atom stereocenters. The summed E-state index contributed by atoms with van der Waals surface area (Å²) in [5.41, 5.74) is 1.73. The Labute approximate surface area is 139 Å². The summed E-state index contributed by atoms with van der Waals surface area (Å²) in [6, 6.07) is 6.56. The summed E-state index contributed by atoms with van der Waals surface area (Å²) in [6.45, 7) is 2.02. The fraction of sp³-hybridized carbons (Fsp3) is 0.286. The Hall–Kier alpha value is -1.34. The number of allylic oxidation sites excluding steroid dienone is 1. The van der Waals surface area contributed by atoms with Gasteiger partial charge in [0.15, 0.2) is 0 Å². The van der Waals surface area contributed by atoms with Crippen molar-refractivity contribution < 1.29 is 14.3 Å². The van der Waals surface area contributed by atoms with Crippen LogP contribution in [-0.2, 0) is 9.53 Å². The van der Waals surface area contributed by atoms with E-state index in [2.05, 4.69) is 42.5 Å². The molecule has 0 unspecified atom stereocenters. The smallest absolute Gasteiger partial charge is 0.338 e. The number of halogens is 2. The lowest BCUT2D eigenvalue weighted by molar-refractivity contribution is -0.139. The zero-order valence-electron chi connectivity index (χ0n) is 11.3. The second-order valence-electron chi connectivity index (χ2n) is 4.33. The van der Waals surface area contributed by atoms with Gasteiger partial charge in [0.05, 0.1) is 18.2 Å². The molecular formula is C14H14Br2N2O3. The topological polar surface area (TPSA) is 67.4 Å². The van der Waals surface area contributed by atoms with E-state index in [1.807, 2.05) is 24.3 Å². The highest BCUT2D eigenvalue weighted by Crippen LogP contribution is 2.29. The molecule has 7 heteroatoms. The number of rotatable bonds is 4. The lowest BCUT2D eigenvalue weighted by Gasteiger charge is -2.28. The highest BCUT2D eigenvalue weighted by Gasteiger charge is 2.33. The molecule has 1 aromatic carbocycles. The molecule has 5 nitrogen and oxygen atoms in total. The number of urea groups is 1. The average Bonchev–Trinajstić information content (AvgIpc) is 2.46. The third kappa shape index (κ3) is 3.65. The highest BCUT2D eigenvalue weighted by atomic mass is 79.9. The molecule has 1 heterocycles. The van der Waals surface area contributed by atoms with Crippen LogP contribution in [-0.4, -0.2) is 23.9 Å². The van der Waals surface area contributed by atoms with E-state index in [9.17, 15) is 9.59 Å². The van der Waals surface area contributed by atoms with Gasteiger partial charge in [0.2, 0.25) is 0 Å². The van der Waals surface area contributed by atoms with Crippen LogP contribution in [0, 0.1) is 0 Å².